The first-order valence-electron chi connectivity index (χ1n) is 2.73. The van der Waals surface area contributed by atoms with Crippen LogP contribution in [-0.4, -0.2) is 30.6 Å². The lowest BCUT2D eigenvalue weighted by atomic mass is 10.4. The number of carbonyl (C=O) groups excluding carboxylic acids is 1. The molecule has 0 spiro atoms. The molecule has 0 aromatic carbocycles. The van der Waals surface area contributed by atoms with Crippen molar-refractivity contribution < 1.29 is 4.79 Å². The van der Waals surface area contributed by atoms with E-state index in [0.717, 1.165) is 12.8 Å². The normalized spacial score (nSPS) is 17.4. The molecule has 0 amide bonds. The van der Waals surface area contributed by atoms with Crippen molar-refractivity contribution in [3.63, 3.8) is 0 Å². The van der Waals surface area contributed by atoms with E-state index in [1.807, 2.05) is 13.1 Å². The molecule has 0 aromatic heterocycles. The zero-order valence-electron chi connectivity index (χ0n) is 5.24. The van der Waals surface area contributed by atoms with Crippen LogP contribution in [0.15, 0.2) is 17.3 Å². The standard InChI is InChI=1S/C6H8N2O/c1-8-4-2-3-7-6(8)5-9/h2-3,5H,4H2,1H3. The van der Waals surface area contributed by atoms with E-state index in [4.69, 9.17) is 0 Å². The number of amidine groups is 1. The smallest absolute Gasteiger partial charge is 0.185 e. The van der Waals surface area contributed by atoms with Crippen molar-refractivity contribution >= 4 is 12.1 Å². The molecule has 0 fully saturated rings. The van der Waals surface area contributed by atoms with E-state index in [0.29, 0.717) is 5.84 Å². The van der Waals surface area contributed by atoms with Gasteiger partial charge in [0.2, 0.25) is 0 Å². The summed E-state index contributed by atoms with van der Waals surface area (Å²) in [6.45, 7) is 0.775. The van der Waals surface area contributed by atoms with E-state index in [2.05, 4.69) is 4.99 Å². The van der Waals surface area contributed by atoms with Gasteiger partial charge in [-0.15, -0.1) is 0 Å². The predicted molar refractivity (Wildman–Crippen MR) is 35.3 cm³/mol. The fraction of sp³-hybridized carbons (Fsp3) is 0.333. The molecular formula is C6H8N2O. The molecule has 0 bridgehead atoms. The van der Waals surface area contributed by atoms with Gasteiger partial charge in [-0.3, -0.25) is 4.79 Å². The largest absolute Gasteiger partial charge is 0.353 e. The number of likely N-dealkylation sites (N-methyl/N-ethyl adjacent to an activating group) is 1. The Morgan fingerprint density at radius 3 is 3.11 bits per heavy atom. The lowest BCUT2D eigenvalue weighted by molar-refractivity contribution is -0.103. The number of carbonyl (C=O) groups is 1. The van der Waals surface area contributed by atoms with Crippen LogP contribution in [0.4, 0.5) is 0 Å². The molecule has 3 heteroatoms. The van der Waals surface area contributed by atoms with Crippen LogP contribution in [0.1, 0.15) is 0 Å². The molecule has 1 heterocycles. The van der Waals surface area contributed by atoms with Crippen LogP contribution in [0.2, 0.25) is 0 Å². The minimum atomic E-state index is 0.498. The van der Waals surface area contributed by atoms with E-state index >= 15 is 0 Å². The lowest BCUT2D eigenvalue weighted by Crippen LogP contribution is -2.29. The minimum absolute atomic E-state index is 0.498. The summed E-state index contributed by atoms with van der Waals surface area (Å²) in [6.07, 6.45) is 4.29. The van der Waals surface area contributed by atoms with Gasteiger partial charge in [-0.25, -0.2) is 4.99 Å². The first-order valence-corrected chi connectivity index (χ1v) is 2.73. The van der Waals surface area contributed by atoms with Gasteiger partial charge < -0.3 is 4.90 Å². The maximum absolute atomic E-state index is 10.2. The zero-order chi connectivity index (χ0) is 6.69. The average molecular weight is 124 g/mol. The Morgan fingerprint density at radius 2 is 2.67 bits per heavy atom. The van der Waals surface area contributed by atoms with Gasteiger partial charge in [0.05, 0.1) is 0 Å². The van der Waals surface area contributed by atoms with Crippen molar-refractivity contribution in [1.29, 1.82) is 0 Å². The van der Waals surface area contributed by atoms with Crippen molar-refractivity contribution in [2.75, 3.05) is 13.6 Å². The highest BCUT2D eigenvalue weighted by Crippen LogP contribution is 1.93. The molecule has 48 valence electrons. The molecule has 0 atom stereocenters. The molecule has 3 nitrogen and oxygen atoms in total. The monoisotopic (exact) mass is 124 g/mol. The molecule has 0 N–H and O–H groups in total. The SMILES string of the molecule is CN1CC=CN=C1C=O. The second-order valence-electron chi connectivity index (χ2n) is 1.87. The van der Waals surface area contributed by atoms with Gasteiger partial charge >= 0.3 is 0 Å². The van der Waals surface area contributed by atoms with Gasteiger partial charge in [-0.05, 0) is 6.08 Å². The van der Waals surface area contributed by atoms with Crippen LogP contribution in [0, 0.1) is 0 Å². The summed E-state index contributed by atoms with van der Waals surface area (Å²) in [7, 11) is 1.83. The Kier molecular flexibility index (Phi) is 1.63. The molecule has 0 radical (unpaired) electrons. The summed E-state index contributed by atoms with van der Waals surface area (Å²) in [4.78, 5) is 15.8. The van der Waals surface area contributed by atoms with Gasteiger partial charge in [-0.2, -0.15) is 0 Å². The number of nitrogens with zero attached hydrogens (tertiary/aromatic N) is 2. The van der Waals surface area contributed by atoms with Crippen LogP contribution in [0.3, 0.4) is 0 Å². The predicted octanol–water partition coefficient (Wildman–Crippen LogP) is 0.0429. The maximum atomic E-state index is 10.2. The summed E-state index contributed by atoms with van der Waals surface area (Å²) in [5.74, 6) is 0.498. The van der Waals surface area contributed by atoms with Gasteiger partial charge in [0.15, 0.2) is 12.1 Å². The van der Waals surface area contributed by atoms with E-state index in [1.165, 1.54) is 0 Å². The minimum Gasteiger partial charge on any atom is -0.353 e. The van der Waals surface area contributed by atoms with Gasteiger partial charge in [0.25, 0.3) is 0 Å². The number of aldehydes is 1. The Bertz CT molecular complexity index is 172. The fourth-order valence-corrected chi connectivity index (χ4v) is 0.647. The quantitative estimate of drug-likeness (QED) is 0.462. The number of aliphatic imine (C=N–C) groups is 1. The third kappa shape index (κ3) is 1.16. The molecule has 0 saturated carbocycles. The first-order chi connectivity index (χ1) is 4.34. The summed E-state index contributed by atoms with van der Waals surface area (Å²) in [5.41, 5.74) is 0. The molecule has 9 heavy (non-hydrogen) atoms. The van der Waals surface area contributed by atoms with Crippen molar-refractivity contribution in [3.05, 3.63) is 12.3 Å². The molecule has 0 aliphatic carbocycles. The van der Waals surface area contributed by atoms with E-state index in [1.54, 1.807) is 11.1 Å². The highest BCUT2D eigenvalue weighted by Gasteiger charge is 2.03. The maximum Gasteiger partial charge on any atom is 0.185 e. The van der Waals surface area contributed by atoms with Crippen LogP contribution < -0.4 is 0 Å². The highest BCUT2D eigenvalue weighted by molar-refractivity contribution is 6.27. The van der Waals surface area contributed by atoms with E-state index in [9.17, 15) is 4.79 Å². The van der Waals surface area contributed by atoms with Crippen molar-refractivity contribution in [2.45, 2.75) is 0 Å². The zero-order valence-corrected chi connectivity index (χ0v) is 5.24. The Hall–Kier alpha value is -1.12. The number of rotatable bonds is 1. The van der Waals surface area contributed by atoms with Crippen molar-refractivity contribution in [3.8, 4) is 0 Å². The average Bonchev–Trinajstić information content (AvgIpc) is 1.89. The van der Waals surface area contributed by atoms with E-state index in [-0.39, 0.29) is 0 Å². The lowest BCUT2D eigenvalue weighted by Gasteiger charge is -2.16. The molecule has 0 aromatic rings. The van der Waals surface area contributed by atoms with Crippen LogP contribution in [-0.2, 0) is 4.79 Å². The topological polar surface area (TPSA) is 32.7 Å². The Morgan fingerprint density at radius 1 is 1.89 bits per heavy atom. The first kappa shape index (κ1) is 6.01. The fourth-order valence-electron chi connectivity index (χ4n) is 0.647. The van der Waals surface area contributed by atoms with Crippen LogP contribution >= 0.6 is 0 Å². The molecular weight excluding hydrogens is 116 g/mol. The second-order valence-corrected chi connectivity index (χ2v) is 1.87. The van der Waals surface area contributed by atoms with E-state index < -0.39 is 0 Å². The second kappa shape index (κ2) is 2.44. The van der Waals surface area contributed by atoms with Gasteiger partial charge in [0, 0.05) is 19.8 Å². The molecule has 1 aliphatic heterocycles. The van der Waals surface area contributed by atoms with Gasteiger partial charge in [0.1, 0.15) is 0 Å². The van der Waals surface area contributed by atoms with Crippen LogP contribution in [0.25, 0.3) is 0 Å². The molecule has 0 saturated heterocycles. The Balaban J connectivity index is 2.74. The summed E-state index contributed by atoms with van der Waals surface area (Å²) in [5, 5.41) is 0. The summed E-state index contributed by atoms with van der Waals surface area (Å²) in [6, 6.07) is 0. The number of hydrogen-bond acceptors (Lipinski definition) is 3. The molecule has 1 rings (SSSR count). The van der Waals surface area contributed by atoms with Crippen molar-refractivity contribution in [2.24, 2.45) is 4.99 Å². The number of hydrogen-bond donors (Lipinski definition) is 0. The third-order valence-electron chi connectivity index (χ3n) is 1.19. The third-order valence-corrected chi connectivity index (χ3v) is 1.19. The summed E-state index contributed by atoms with van der Waals surface area (Å²) >= 11 is 0. The highest BCUT2D eigenvalue weighted by atomic mass is 16.1. The Labute approximate surface area is 53.7 Å². The van der Waals surface area contributed by atoms with Gasteiger partial charge in [-0.1, -0.05) is 0 Å². The molecule has 0 unspecified atom stereocenters. The van der Waals surface area contributed by atoms with Crippen molar-refractivity contribution in [1.82, 2.24) is 4.90 Å². The summed E-state index contributed by atoms with van der Waals surface area (Å²) < 4.78 is 0. The molecule has 1 aliphatic rings. The van der Waals surface area contributed by atoms with Crippen LogP contribution in [0.5, 0.6) is 0 Å².